The molecule has 0 heterocycles. The van der Waals surface area contributed by atoms with E-state index in [1.807, 2.05) is 24.8 Å². The summed E-state index contributed by atoms with van der Waals surface area (Å²) in [6, 6.07) is 8.05. The van der Waals surface area contributed by atoms with E-state index in [0.717, 1.165) is 0 Å². The Balaban J connectivity index is 2.76. The van der Waals surface area contributed by atoms with E-state index in [2.05, 4.69) is 0 Å². The van der Waals surface area contributed by atoms with Gasteiger partial charge in [0.2, 0.25) is 0 Å². The van der Waals surface area contributed by atoms with Gasteiger partial charge < -0.3 is 5.11 Å². The first-order valence-corrected chi connectivity index (χ1v) is 8.13. The van der Waals surface area contributed by atoms with Gasteiger partial charge in [0.05, 0.1) is 28.9 Å². The van der Waals surface area contributed by atoms with Gasteiger partial charge in [-0.25, -0.2) is 8.42 Å². The van der Waals surface area contributed by atoms with Gasteiger partial charge in [0.1, 0.15) is 0 Å². The first kappa shape index (κ1) is 16.6. The summed E-state index contributed by atoms with van der Waals surface area (Å²) in [6.07, 6.45) is 0. The quantitative estimate of drug-likeness (QED) is 0.813. The normalized spacial score (nSPS) is 11.8. The number of rotatable bonds is 7. The highest BCUT2D eigenvalue weighted by Gasteiger charge is 2.17. The van der Waals surface area contributed by atoms with E-state index in [1.165, 1.54) is 24.3 Å². The van der Waals surface area contributed by atoms with Crippen LogP contribution in [0.1, 0.15) is 19.4 Å². The lowest BCUT2D eigenvalue weighted by molar-refractivity contribution is 0.173. The van der Waals surface area contributed by atoms with Crippen LogP contribution >= 0.6 is 0 Å². The van der Waals surface area contributed by atoms with E-state index < -0.39 is 9.84 Å². The Morgan fingerprint density at radius 1 is 1.25 bits per heavy atom. The molecule has 0 spiro atoms. The molecular formula is C14H20N2O3S. The monoisotopic (exact) mass is 296 g/mol. The second-order valence-corrected chi connectivity index (χ2v) is 6.92. The maximum atomic E-state index is 12.2. The Hall–Kier alpha value is -1.42. The van der Waals surface area contributed by atoms with Gasteiger partial charge >= 0.3 is 0 Å². The molecule has 20 heavy (non-hydrogen) atoms. The van der Waals surface area contributed by atoms with Gasteiger partial charge in [-0.05, 0) is 38.1 Å². The smallest absolute Gasteiger partial charge is 0.179 e. The van der Waals surface area contributed by atoms with E-state index in [-0.39, 0.29) is 23.3 Å². The molecule has 0 bridgehead atoms. The van der Waals surface area contributed by atoms with E-state index in [1.54, 1.807) is 0 Å². The van der Waals surface area contributed by atoms with Crippen molar-refractivity contribution >= 4 is 9.84 Å². The summed E-state index contributed by atoms with van der Waals surface area (Å²) in [5, 5.41) is 17.7. The van der Waals surface area contributed by atoms with Crippen molar-refractivity contribution in [2.45, 2.75) is 24.8 Å². The van der Waals surface area contributed by atoms with E-state index in [0.29, 0.717) is 18.7 Å². The molecule has 1 N–H and O–H groups in total. The summed E-state index contributed by atoms with van der Waals surface area (Å²) in [5.74, 6) is -0.00290. The number of hydrogen-bond acceptors (Lipinski definition) is 5. The van der Waals surface area contributed by atoms with Crippen molar-refractivity contribution in [1.82, 2.24) is 4.90 Å². The van der Waals surface area contributed by atoms with Gasteiger partial charge in [0.15, 0.2) is 9.84 Å². The Kier molecular flexibility index (Phi) is 6.14. The highest BCUT2D eigenvalue weighted by atomic mass is 32.2. The van der Waals surface area contributed by atoms with Crippen molar-refractivity contribution in [3.05, 3.63) is 29.8 Å². The van der Waals surface area contributed by atoms with Crippen LogP contribution in [0.15, 0.2) is 29.2 Å². The SMILES string of the molecule is CC(C)N(CCO)CCS(=O)(=O)c1ccc(C#N)cc1. The van der Waals surface area contributed by atoms with E-state index in [4.69, 9.17) is 10.4 Å². The Labute approximate surface area is 120 Å². The summed E-state index contributed by atoms with van der Waals surface area (Å²) < 4.78 is 24.4. The van der Waals surface area contributed by atoms with Crippen LogP contribution in [0.25, 0.3) is 0 Å². The predicted molar refractivity (Wildman–Crippen MR) is 77.0 cm³/mol. The highest BCUT2D eigenvalue weighted by molar-refractivity contribution is 7.91. The zero-order valence-corrected chi connectivity index (χ0v) is 12.6. The van der Waals surface area contributed by atoms with Gasteiger partial charge in [-0.15, -0.1) is 0 Å². The maximum Gasteiger partial charge on any atom is 0.179 e. The fourth-order valence-corrected chi connectivity index (χ4v) is 3.11. The fourth-order valence-electron chi connectivity index (χ4n) is 1.85. The minimum absolute atomic E-state index is 0.00290. The van der Waals surface area contributed by atoms with Crippen molar-refractivity contribution in [2.24, 2.45) is 0 Å². The second kappa shape index (κ2) is 7.39. The maximum absolute atomic E-state index is 12.2. The summed E-state index contributed by atoms with van der Waals surface area (Å²) in [6.45, 7) is 4.77. The van der Waals surface area contributed by atoms with Crippen LogP contribution in [0.2, 0.25) is 0 Å². The molecule has 5 nitrogen and oxygen atoms in total. The lowest BCUT2D eigenvalue weighted by Crippen LogP contribution is -2.37. The molecule has 0 radical (unpaired) electrons. The van der Waals surface area contributed by atoms with Crippen LogP contribution in [-0.2, 0) is 9.84 Å². The molecule has 0 aliphatic heterocycles. The van der Waals surface area contributed by atoms with Crippen LogP contribution in [-0.4, -0.2) is 49.9 Å². The fraction of sp³-hybridized carbons (Fsp3) is 0.500. The van der Waals surface area contributed by atoms with Gasteiger partial charge in [0, 0.05) is 19.1 Å². The summed E-state index contributed by atoms with van der Waals surface area (Å²) >= 11 is 0. The van der Waals surface area contributed by atoms with E-state index in [9.17, 15) is 8.42 Å². The third-order valence-electron chi connectivity index (χ3n) is 3.11. The second-order valence-electron chi connectivity index (χ2n) is 4.81. The number of aliphatic hydroxyl groups is 1. The number of aliphatic hydroxyl groups excluding tert-OH is 1. The van der Waals surface area contributed by atoms with Crippen LogP contribution in [0.5, 0.6) is 0 Å². The van der Waals surface area contributed by atoms with Crippen molar-refractivity contribution in [3.63, 3.8) is 0 Å². The average Bonchev–Trinajstić information content (AvgIpc) is 2.43. The number of sulfone groups is 1. The van der Waals surface area contributed by atoms with Crippen LogP contribution < -0.4 is 0 Å². The Morgan fingerprint density at radius 3 is 2.30 bits per heavy atom. The molecule has 110 valence electrons. The van der Waals surface area contributed by atoms with Crippen LogP contribution in [0, 0.1) is 11.3 Å². The van der Waals surface area contributed by atoms with Crippen molar-refractivity contribution in [3.8, 4) is 6.07 Å². The molecule has 0 atom stereocenters. The third kappa shape index (κ3) is 4.60. The van der Waals surface area contributed by atoms with Crippen molar-refractivity contribution < 1.29 is 13.5 Å². The zero-order chi connectivity index (χ0) is 15.2. The Bertz CT molecular complexity index is 559. The minimum atomic E-state index is -3.36. The lowest BCUT2D eigenvalue weighted by Gasteiger charge is -2.25. The molecule has 0 aromatic heterocycles. The van der Waals surface area contributed by atoms with Crippen LogP contribution in [0.4, 0.5) is 0 Å². The molecule has 0 amide bonds. The van der Waals surface area contributed by atoms with Gasteiger partial charge in [0.25, 0.3) is 0 Å². The molecule has 0 saturated heterocycles. The molecular weight excluding hydrogens is 276 g/mol. The van der Waals surface area contributed by atoms with E-state index >= 15 is 0 Å². The zero-order valence-electron chi connectivity index (χ0n) is 11.8. The minimum Gasteiger partial charge on any atom is -0.395 e. The molecule has 1 rings (SSSR count). The largest absolute Gasteiger partial charge is 0.395 e. The number of hydrogen-bond donors (Lipinski definition) is 1. The molecule has 0 aliphatic carbocycles. The number of nitrogens with zero attached hydrogens (tertiary/aromatic N) is 2. The lowest BCUT2D eigenvalue weighted by atomic mass is 10.2. The highest BCUT2D eigenvalue weighted by Crippen LogP contribution is 2.13. The first-order valence-electron chi connectivity index (χ1n) is 6.48. The molecule has 0 unspecified atom stereocenters. The molecule has 0 saturated carbocycles. The van der Waals surface area contributed by atoms with Gasteiger partial charge in [-0.3, -0.25) is 4.90 Å². The Morgan fingerprint density at radius 2 is 1.85 bits per heavy atom. The van der Waals surface area contributed by atoms with Crippen molar-refractivity contribution in [2.75, 3.05) is 25.4 Å². The summed E-state index contributed by atoms with van der Waals surface area (Å²) in [4.78, 5) is 2.14. The summed E-state index contributed by atoms with van der Waals surface area (Å²) in [5.41, 5.74) is 0.438. The third-order valence-corrected chi connectivity index (χ3v) is 4.82. The van der Waals surface area contributed by atoms with Crippen molar-refractivity contribution in [1.29, 1.82) is 5.26 Å². The van der Waals surface area contributed by atoms with Gasteiger partial charge in [-0.2, -0.15) is 5.26 Å². The molecule has 1 aromatic rings. The number of nitriles is 1. The standard InChI is InChI=1S/C14H20N2O3S/c1-12(2)16(7-9-17)8-10-20(18,19)14-5-3-13(11-15)4-6-14/h3-6,12,17H,7-10H2,1-2H3. The average molecular weight is 296 g/mol. The summed E-state index contributed by atoms with van der Waals surface area (Å²) in [7, 11) is -3.36. The van der Waals surface area contributed by atoms with Crippen LogP contribution in [0.3, 0.4) is 0 Å². The molecule has 0 fully saturated rings. The first-order chi connectivity index (χ1) is 9.40. The predicted octanol–water partition coefficient (Wildman–Crippen LogP) is 1.03. The molecule has 6 heteroatoms. The van der Waals surface area contributed by atoms with Gasteiger partial charge in [-0.1, -0.05) is 0 Å². The topological polar surface area (TPSA) is 81.4 Å². The number of benzene rings is 1. The molecule has 1 aromatic carbocycles. The molecule has 0 aliphatic rings.